The van der Waals surface area contributed by atoms with Crippen molar-refractivity contribution in [3.8, 4) is 0 Å². The van der Waals surface area contributed by atoms with Crippen LogP contribution in [0.2, 0.25) is 0 Å². The van der Waals surface area contributed by atoms with Gasteiger partial charge in [0.1, 0.15) is 0 Å². The fraction of sp³-hybridized carbons (Fsp3) is 0.500. The highest BCUT2D eigenvalue weighted by Gasteiger charge is 2.20. The minimum Gasteiger partial charge on any atom is -0.384 e. The highest BCUT2D eigenvalue weighted by Crippen LogP contribution is 2.32. The zero-order valence-electron chi connectivity index (χ0n) is 8.52. The lowest BCUT2D eigenvalue weighted by molar-refractivity contribution is 0.760. The molecule has 0 aromatic heterocycles. The molecule has 0 unspecified atom stereocenters. The van der Waals surface area contributed by atoms with Crippen molar-refractivity contribution in [1.29, 1.82) is 0 Å². The third-order valence-corrected chi connectivity index (χ3v) is 3.35. The van der Waals surface area contributed by atoms with E-state index in [-0.39, 0.29) is 0 Å². The van der Waals surface area contributed by atoms with Gasteiger partial charge in [-0.1, -0.05) is 18.9 Å². The molecule has 0 bridgehead atoms. The summed E-state index contributed by atoms with van der Waals surface area (Å²) in [6.45, 7) is 3.21. The molecule has 1 aliphatic rings. The number of benzene rings is 1. The molecule has 1 N–H and O–H groups in total. The largest absolute Gasteiger partial charge is 0.384 e. The Hall–Kier alpha value is -0.500. The topological polar surface area (TPSA) is 12.0 Å². The molecule has 1 nitrogen and oxygen atoms in total. The van der Waals surface area contributed by atoms with Crippen LogP contribution in [-0.4, -0.2) is 6.54 Å². The first-order valence-corrected chi connectivity index (χ1v) is 6.05. The molecular formula is C12H16BrN. The van der Waals surface area contributed by atoms with E-state index in [4.69, 9.17) is 0 Å². The molecule has 1 aliphatic carbocycles. The van der Waals surface area contributed by atoms with Crippen LogP contribution in [0.1, 0.15) is 24.8 Å². The van der Waals surface area contributed by atoms with Gasteiger partial charge in [0.05, 0.1) is 0 Å². The predicted molar refractivity (Wildman–Crippen MR) is 64.7 cm³/mol. The minimum absolute atomic E-state index is 1.01. The summed E-state index contributed by atoms with van der Waals surface area (Å²) in [5.41, 5.74) is 2.51. The van der Waals surface area contributed by atoms with Crippen LogP contribution in [0.15, 0.2) is 22.7 Å². The average molecular weight is 254 g/mol. The zero-order valence-corrected chi connectivity index (χ0v) is 10.1. The predicted octanol–water partition coefficient (Wildman–Crippen LogP) is 3.97. The number of rotatable bonds is 4. The molecule has 1 aromatic carbocycles. The summed E-state index contributed by atoms with van der Waals surface area (Å²) in [6.07, 6.45) is 4.20. The minimum atomic E-state index is 1.01. The molecular weight excluding hydrogens is 238 g/mol. The fourth-order valence-electron chi connectivity index (χ4n) is 1.58. The van der Waals surface area contributed by atoms with E-state index in [1.54, 1.807) is 0 Å². The number of hydrogen-bond acceptors (Lipinski definition) is 1. The first-order valence-electron chi connectivity index (χ1n) is 5.26. The van der Waals surface area contributed by atoms with Crippen molar-refractivity contribution in [2.75, 3.05) is 11.9 Å². The fourth-order valence-corrected chi connectivity index (χ4v) is 2.21. The Labute approximate surface area is 94.0 Å². The van der Waals surface area contributed by atoms with Crippen molar-refractivity contribution < 1.29 is 0 Å². The molecule has 2 heteroatoms. The normalized spacial score (nSPS) is 15.6. The Balaban J connectivity index is 1.87. The lowest BCUT2D eigenvalue weighted by Gasteiger charge is -2.08. The standard InChI is InChI=1S/C12H16BrN/c1-9-2-5-12(11(13)8-9)14-7-6-10-3-4-10/h2,5,8,10,14H,3-4,6-7H2,1H3. The van der Waals surface area contributed by atoms with Gasteiger partial charge in [-0.3, -0.25) is 0 Å². The van der Waals surface area contributed by atoms with Gasteiger partial charge in [-0.15, -0.1) is 0 Å². The summed E-state index contributed by atoms with van der Waals surface area (Å²) in [7, 11) is 0. The molecule has 0 atom stereocenters. The van der Waals surface area contributed by atoms with Gasteiger partial charge in [0.15, 0.2) is 0 Å². The quantitative estimate of drug-likeness (QED) is 0.857. The van der Waals surface area contributed by atoms with Crippen molar-refractivity contribution in [2.24, 2.45) is 5.92 Å². The maximum Gasteiger partial charge on any atom is 0.0484 e. The first-order chi connectivity index (χ1) is 6.75. The summed E-state index contributed by atoms with van der Waals surface area (Å²) in [5, 5.41) is 3.46. The molecule has 76 valence electrons. The molecule has 1 saturated carbocycles. The van der Waals surface area contributed by atoms with Crippen LogP contribution >= 0.6 is 15.9 Å². The molecule has 14 heavy (non-hydrogen) atoms. The molecule has 0 amide bonds. The number of anilines is 1. The van der Waals surface area contributed by atoms with Crippen LogP contribution in [0.5, 0.6) is 0 Å². The second-order valence-electron chi connectivity index (χ2n) is 4.14. The summed E-state index contributed by atoms with van der Waals surface area (Å²) in [6, 6.07) is 6.44. The second kappa shape index (κ2) is 4.35. The van der Waals surface area contributed by atoms with Crippen LogP contribution in [0.4, 0.5) is 5.69 Å². The molecule has 2 rings (SSSR count). The maximum absolute atomic E-state index is 3.57. The van der Waals surface area contributed by atoms with Gasteiger partial charge in [0.2, 0.25) is 0 Å². The zero-order chi connectivity index (χ0) is 9.97. The van der Waals surface area contributed by atoms with Gasteiger partial charge < -0.3 is 5.32 Å². The number of halogens is 1. The van der Waals surface area contributed by atoms with E-state index in [0.29, 0.717) is 0 Å². The Kier molecular flexibility index (Phi) is 3.12. The Morgan fingerprint density at radius 3 is 2.86 bits per heavy atom. The lowest BCUT2D eigenvalue weighted by Crippen LogP contribution is -2.02. The van der Waals surface area contributed by atoms with Crippen LogP contribution in [0, 0.1) is 12.8 Å². The molecule has 0 spiro atoms. The molecule has 0 radical (unpaired) electrons. The van der Waals surface area contributed by atoms with Crippen molar-refractivity contribution in [3.63, 3.8) is 0 Å². The number of aryl methyl sites for hydroxylation is 1. The molecule has 0 heterocycles. The van der Waals surface area contributed by atoms with Gasteiger partial charge in [-0.25, -0.2) is 0 Å². The van der Waals surface area contributed by atoms with E-state index >= 15 is 0 Å². The highest BCUT2D eigenvalue weighted by atomic mass is 79.9. The van der Waals surface area contributed by atoms with Gasteiger partial charge in [-0.2, -0.15) is 0 Å². The van der Waals surface area contributed by atoms with Gasteiger partial charge in [-0.05, 0) is 52.9 Å². The molecule has 0 saturated heterocycles. The molecule has 0 aliphatic heterocycles. The van der Waals surface area contributed by atoms with E-state index in [1.165, 1.54) is 35.0 Å². The Bertz CT molecular complexity index is 318. The third-order valence-electron chi connectivity index (χ3n) is 2.69. The van der Waals surface area contributed by atoms with Crippen molar-refractivity contribution >= 4 is 21.6 Å². The van der Waals surface area contributed by atoms with Gasteiger partial charge in [0, 0.05) is 16.7 Å². The number of nitrogens with one attached hydrogen (secondary N) is 1. The van der Waals surface area contributed by atoms with Crippen molar-refractivity contribution in [1.82, 2.24) is 0 Å². The van der Waals surface area contributed by atoms with Crippen LogP contribution in [-0.2, 0) is 0 Å². The SMILES string of the molecule is Cc1ccc(NCCC2CC2)c(Br)c1. The monoisotopic (exact) mass is 253 g/mol. The highest BCUT2D eigenvalue weighted by molar-refractivity contribution is 9.10. The Morgan fingerprint density at radius 1 is 1.43 bits per heavy atom. The van der Waals surface area contributed by atoms with E-state index in [1.807, 2.05) is 0 Å². The van der Waals surface area contributed by atoms with E-state index in [9.17, 15) is 0 Å². The second-order valence-corrected chi connectivity index (χ2v) is 5.00. The van der Waals surface area contributed by atoms with Crippen molar-refractivity contribution in [2.45, 2.75) is 26.2 Å². The third kappa shape index (κ3) is 2.74. The van der Waals surface area contributed by atoms with Crippen LogP contribution in [0.25, 0.3) is 0 Å². The number of hydrogen-bond donors (Lipinski definition) is 1. The summed E-state index contributed by atoms with van der Waals surface area (Å²) in [5.74, 6) is 1.01. The first kappa shape index (κ1) is 10.0. The Morgan fingerprint density at radius 2 is 2.21 bits per heavy atom. The van der Waals surface area contributed by atoms with E-state index in [0.717, 1.165) is 12.5 Å². The smallest absolute Gasteiger partial charge is 0.0484 e. The summed E-state index contributed by atoms with van der Waals surface area (Å²) in [4.78, 5) is 0. The van der Waals surface area contributed by atoms with Gasteiger partial charge in [0.25, 0.3) is 0 Å². The van der Waals surface area contributed by atoms with Gasteiger partial charge >= 0.3 is 0 Å². The maximum atomic E-state index is 3.57. The van der Waals surface area contributed by atoms with E-state index < -0.39 is 0 Å². The van der Waals surface area contributed by atoms with Crippen molar-refractivity contribution in [3.05, 3.63) is 28.2 Å². The van der Waals surface area contributed by atoms with Crippen LogP contribution < -0.4 is 5.32 Å². The van der Waals surface area contributed by atoms with E-state index in [2.05, 4.69) is 46.4 Å². The lowest BCUT2D eigenvalue weighted by atomic mass is 10.2. The van der Waals surface area contributed by atoms with Crippen LogP contribution in [0.3, 0.4) is 0 Å². The average Bonchev–Trinajstić information content (AvgIpc) is 2.92. The molecule has 1 aromatic rings. The summed E-state index contributed by atoms with van der Waals surface area (Å²) >= 11 is 3.57. The summed E-state index contributed by atoms with van der Waals surface area (Å²) < 4.78 is 1.17. The molecule has 1 fully saturated rings.